The number of benzene rings is 1. The van der Waals surface area contributed by atoms with Gasteiger partial charge in [-0.25, -0.2) is 4.39 Å². The Morgan fingerprint density at radius 2 is 2.25 bits per heavy atom. The lowest BCUT2D eigenvalue weighted by Crippen LogP contribution is -2.32. The van der Waals surface area contributed by atoms with Crippen molar-refractivity contribution in [1.29, 1.82) is 0 Å². The summed E-state index contributed by atoms with van der Waals surface area (Å²) in [4.78, 5) is 11.9. The fraction of sp³-hybridized carbons (Fsp3) is 0.438. The van der Waals surface area contributed by atoms with Crippen LogP contribution in [-0.2, 0) is 0 Å². The second-order valence-corrected chi connectivity index (χ2v) is 4.98. The van der Waals surface area contributed by atoms with E-state index in [1.807, 2.05) is 0 Å². The van der Waals surface area contributed by atoms with E-state index in [0.29, 0.717) is 24.4 Å². The highest BCUT2D eigenvalue weighted by Gasteiger charge is 2.19. The molecule has 20 heavy (non-hydrogen) atoms. The molecular weight excluding hydrogens is 257 g/mol. The molecule has 1 saturated carbocycles. The van der Waals surface area contributed by atoms with E-state index in [1.54, 1.807) is 6.07 Å². The first-order valence-electron chi connectivity index (χ1n) is 6.88. The zero-order valence-corrected chi connectivity index (χ0v) is 11.3. The van der Waals surface area contributed by atoms with E-state index in [2.05, 4.69) is 17.2 Å². The highest BCUT2D eigenvalue weighted by atomic mass is 19.1. The third-order valence-corrected chi connectivity index (χ3v) is 3.46. The number of hydrogen-bond acceptors (Lipinski definition) is 2. The third-order valence-electron chi connectivity index (χ3n) is 3.46. The van der Waals surface area contributed by atoms with Crippen LogP contribution in [0.25, 0.3) is 0 Å². The van der Waals surface area contributed by atoms with Crippen molar-refractivity contribution in [3.8, 4) is 11.8 Å². The summed E-state index contributed by atoms with van der Waals surface area (Å²) in [5.41, 5.74) is 0.559. The van der Waals surface area contributed by atoms with Crippen LogP contribution in [0.2, 0.25) is 0 Å². The van der Waals surface area contributed by atoms with Gasteiger partial charge in [-0.3, -0.25) is 4.79 Å². The van der Waals surface area contributed by atoms with E-state index in [0.717, 1.165) is 12.8 Å². The van der Waals surface area contributed by atoms with E-state index in [-0.39, 0.29) is 18.1 Å². The van der Waals surface area contributed by atoms with Crippen molar-refractivity contribution in [2.45, 2.75) is 25.7 Å². The Morgan fingerprint density at radius 3 is 2.85 bits per heavy atom. The van der Waals surface area contributed by atoms with Gasteiger partial charge in [0.1, 0.15) is 5.82 Å². The Labute approximate surface area is 118 Å². The summed E-state index contributed by atoms with van der Waals surface area (Å²) in [7, 11) is 0. The second-order valence-electron chi connectivity index (χ2n) is 4.98. The Bertz CT molecular complexity index is 541. The van der Waals surface area contributed by atoms with Crippen molar-refractivity contribution >= 4 is 5.91 Å². The van der Waals surface area contributed by atoms with Crippen LogP contribution < -0.4 is 5.32 Å². The van der Waals surface area contributed by atoms with Crippen molar-refractivity contribution in [3.05, 3.63) is 35.1 Å². The second kappa shape index (κ2) is 7.06. The maximum atomic E-state index is 13.9. The van der Waals surface area contributed by atoms with E-state index >= 15 is 0 Å². The summed E-state index contributed by atoms with van der Waals surface area (Å²) in [6.45, 7) is 0.605. The molecule has 0 aromatic heterocycles. The molecule has 0 unspecified atom stereocenters. The largest absolute Gasteiger partial charge is 0.395 e. The Morgan fingerprint density at radius 1 is 1.45 bits per heavy atom. The molecule has 106 valence electrons. The first-order chi connectivity index (χ1) is 9.70. The van der Waals surface area contributed by atoms with Gasteiger partial charge in [0.15, 0.2) is 0 Å². The predicted molar refractivity (Wildman–Crippen MR) is 74.7 cm³/mol. The predicted octanol–water partition coefficient (Wildman–Crippen LogP) is 2.09. The normalized spacial score (nSPS) is 14.1. The number of carbonyl (C=O) groups excluding carboxylic acids is 1. The highest BCUT2D eigenvalue weighted by molar-refractivity contribution is 5.94. The molecule has 0 bridgehead atoms. The molecule has 2 N–H and O–H groups in total. The van der Waals surface area contributed by atoms with E-state index in [9.17, 15) is 9.18 Å². The van der Waals surface area contributed by atoms with E-state index in [4.69, 9.17) is 5.11 Å². The lowest BCUT2D eigenvalue weighted by Gasteiger charge is -2.25. The molecule has 1 fully saturated rings. The SMILES string of the molecule is O=C(NCC1CCC1)c1ccc(C#CCCO)cc1F. The number of aliphatic hydroxyl groups is 1. The van der Waals surface area contributed by atoms with Gasteiger partial charge in [-0.05, 0) is 37.0 Å². The van der Waals surface area contributed by atoms with Crippen molar-refractivity contribution in [2.24, 2.45) is 5.92 Å². The molecule has 3 nitrogen and oxygen atoms in total. The maximum absolute atomic E-state index is 13.9. The topological polar surface area (TPSA) is 49.3 Å². The van der Waals surface area contributed by atoms with Crippen molar-refractivity contribution < 1.29 is 14.3 Å². The molecule has 2 rings (SSSR count). The lowest BCUT2D eigenvalue weighted by atomic mass is 9.85. The monoisotopic (exact) mass is 275 g/mol. The van der Waals surface area contributed by atoms with Crippen LogP contribution in [0.15, 0.2) is 18.2 Å². The zero-order valence-electron chi connectivity index (χ0n) is 11.3. The van der Waals surface area contributed by atoms with Gasteiger partial charge in [-0.15, -0.1) is 0 Å². The molecule has 1 amide bonds. The van der Waals surface area contributed by atoms with E-state index < -0.39 is 5.82 Å². The minimum Gasteiger partial charge on any atom is -0.395 e. The summed E-state index contributed by atoms with van der Waals surface area (Å²) in [6, 6.07) is 4.32. The summed E-state index contributed by atoms with van der Waals surface area (Å²) in [5.74, 6) is 5.07. The molecule has 0 heterocycles. The van der Waals surface area contributed by atoms with Crippen LogP contribution in [-0.4, -0.2) is 24.2 Å². The maximum Gasteiger partial charge on any atom is 0.254 e. The molecule has 0 radical (unpaired) electrons. The zero-order chi connectivity index (χ0) is 14.4. The average molecular weight is 275 g/mol. The van der Waals surface area contributed by atoms with Crippen LogP contribution in [0, 0.1) is 23.6 Å². The van der Waals surface area contributed by atoms with Crippen LogP contribution in [0.4, 0.5) is 4.39 Å². The number of aliphatic hydroxyl groups excluding tert-OH is 1. The lowest BCUT2D eigenvalue weighted by molar-refractivity contribution is 0.0935. The van der Waals surface area contributed by atoms with Gasteiger partial charge in [-0.2, -0.15) is 0 Å². The molecule has 1 aromatic carbocycles. The number of amides is 1. The molecular formula is C16H18FNO2. The molecule has 4 heteroatoms. The van der Waals surface area contributed by atoms with Crippen LogP contribution in [0.5, 0.6) is 0 Å². The third kappa shape index (κ3) is 3.82. The average Bonchev–Trinajstić information content (AvgIpc) is 2.37. The Kier molecular flexibility index (Phi) is 5.14. The Balaban J connectivity index is 1.97. The van der Waals surface area contributed by atoms with Gasteiger partial charge in [0.2, 0.25) is 0 Å². The van der Waals surface area contributed by atoms with Crippen LogP contribution >= 0.6 is 0 Å². The molecule has 0 atom stereocenters. The molecule has 1 aliphatic carbocycles. The standard InChI is InChI=1S/C16H18FNO2/c17-15-10-12(4-1-2-9-19)7-8-14(15)16(20)18-11-13-5-3-6-13/h7-8,10,13,19H,2-3,5-6,9,11H2,(H,18,20). The van der Waals surface area contributed by atoms with Gasteiger partial charge in [0.05, 0.1) is 12.2 Å². The minimum atomic E-state index is -0.563. The quantitative estimate of drug-likeness (QED) is 0.827. The van der Waals surface area contributed by atoms with Gasteiger partial charge in [-0.1, -0.05) is 18.3 Å². The molecule has 1 aromatic rings. The molecule has 0 saturated heterocycles. The summed E-state index contributed by atoms with van der Waals surface area (Å²) in [6.07, 6.45) is 3.85. The summed E-state index contributed by atoms with van der Waals surface area (Å²) >= 11 is 0. The Hall–Kier alpha value is -1.86. The first kappa shape index (κ1) is 14.5. The molecule has 1 aliphatic rings. The number of hydrogen-bond donors (Lipinski definition) is 2. The summed E-state index contributed by atoms with van der Waals surface area (Å²) in [5, 5.41) is 11.4. The van der Waals surface area contributed by atoms with Gasteiger partial charge < -0.3 is 10.4 Å². The highest BCUT2D eigenvalue weighted by Crippen LogP contribution is 2.25. The van der Waals surface area contributed by atoms with Gasteiger partial charge in [0, 0.05) is 18.5 Å². The smallest absolute Gasteiger partial charge is 0.254 e. The molecule has 0 aliphatic heterocycles. The van der Waals surface area contributed by atoms with Crippen LogP contribution in [0.1, 0.15) is 41.6 Å². The van der Waals surface area contributed by atoms with Crippen LogP contribution in [0.3, 0.4) is 0 Å². The number of rotatable bonds is 4. The minimum absolute atomic E-state index is 0.0167. The molecule has 0 spiro atoms. The number of halogens is 1. The number of nitrogens with one attached hydrogen (secondary N) is 1. The number of carbonyl (C=O) groups is 1. The fourth-order valence-electron chi connectivity index (χ4n) is 2.03. The van der Waals surface area contributed by atoms with Gasteiger partial charge in [0.25, 0.3) is 5.91 Å². The van der Waals surface area contributed by atoms with E-state index in [1.165, 1.54) is 18.6 Å². The van der Waals surface area contributed by atoms with Crippen molar-refractivity contribution in [1.82, 2.24) is 5.32 Å². The van der Waals surface area contributed by atoms with Gasteiger partial charge >= 0.3 is 0 Å². The van der Waals surface area contributed by atoms with Crippen molar-refractivity contribution in [2.75, 3.05) is 13.2 Å². The van der Waals surface area contributed by atoms with Crippen molar-refractivity contribution in [3.63, 3.8) is 0 Å². The summed E-state index contributed by atoms with van der Waals surface area (Å²) < 4.78 is 13.9. The fourth-order valence-corrected chi connectivity index (χ4v) is 2.03. The first-order valence-corrected chi connectivity index (χ1v) is 6.88.